The maximum absolute atomic E-state index is 12.6. The minimum Gasteiger partial charge on any atom is -0.394 e. The van der Waals surface area contributed by atoms with Gasteiger partial charge in [0, 0.05) is 5.56 Å². The molecular formula is C17H21F3N2O2. The quantitative estimate of drug-likeness (QED) is 0.721. The second-order valence-corrected chi connectivity index (χ2v) is 5.72. The van der Waals surface area contributed by atoms with Crippen LogP contribution in [0.4, 0.5) is 18.0 Å². The molecule has 0 saturated heterocycles. The third-order valence-corrected chi connectivity index (χ3v) is 3.07. The Hall–Kier alpha value is -2.20. The molecule has 0 fully saturated rings. The summed E-state index contributed by atoms with van der Waals surface area (Å²) in [6, 6.07) is 3.85. The third kappa shape index (κ3) is 7.38. The number of aliphatic hydroxyl groups excluding tert-OH is 1. The topological polar surface area (TPSA) is 61.4 Å². The first-order valence-electron chi connectivity index (χ1n) is 7.53. The van der Waals surface area contributed by atoms with Crippen molar-refractivity contribution in [3.8, 4) is 11.8 Å². The number of hydrogen-bond acceptors (Lipinski definition) is 2. The lowest BCUT2D eigenvalue weighted by atomic mass is 10.0. The van der Waals surface area contributed by atoms with E-state index in [1.807, 2.05) is 13.8 Å². The lowest BCUT2D eigenvalue weighted by Gasteiger charge is -2.18. The zero-order valence-electron chi connectivity index (χ0n) is 13.6. The fourth-order valence-corrected chi connectivity index (χ4v) is 2.03. The average Bonchev–Trinajstić information content (AvgIpc) is 2.50. The second-order valence-electron chi connectivity index (χ2n) is 5.72. The SMILES string of the molecule is CC(C)CC(CO)NC(=O)NCC#Cc1cccc(C(F)(F)F)c1. The molecule has 132 valence electrons. The van der Waals surface area contributed by atoms with Gasteiger partial charge in [-0.05, 0) is 30.5 Å². The Balaban J connectivity index is 2.51. The predicted molar refractivity (Wildman–Crippen MR) is 85.2 cm³/mol. The Kier molecular flexibility index (Phi) is 7.59. The molecule has 1 rings (SSSR count). The number of aliphatic hydroxyl groups is 1. The fourth-order valence-electron chi connectivity index (χ4n) is 2.03. The summed E-state index contributed by atoms with van der Waals surface area (Å²) in [4.78, 5) is 11.6. The molecule has 1 unspecified atom stereocenters. The predicted octanol–water partition coefficient (Wildman–Crippen LogP) is 2.76. The van der Waals surface area contributed by atoms with Crippen molar-refractivity contribution >= 4 is 6.03 Å². The summed E-state index contributed by atoms with van der Waals surface area (Å²) < 4.78 is 37.7. The van der Waals surface area contributed by atoms with E-state index >= 15 is 0 Å². The van der Waals surface area contributed by atoms with Gasteiger partial charge in [0.05, 0.1) is 24.8 Å². The van der Waals surface area contributed by atoms with Gasteiger partial charge in [0.1, 0.15) is 0 Å². The van der Waals surface area contributed by atoms with Crippen molar-refractivity contribution in [1.82, 2.24) is 10.6 Å². The maximum atomic E-state index is 12.6. The summed E-state index contributed by atoms with van der Waals surface area (Å²) in [5.74, 6) is 5.48. The highest BCUT2D eigenvalue weighted by atomic mass is 19.4. The molecule has 1 aromatic rings. The summed E-state index contributed by atoms with van der Waals surface area (Å²) in [5, 5.41) is 14.3. The number of nitrogens with one attached hydrogen (secondary N) is 2. The van der Waals surface area contributed by atoms with Crippen molar-refractivity contribution in [1.29, 1.82) is 0 Å². The van der Waals surface area contributed by atoms with E-state index in [1.165, 1.54) is 12.1 Å². The lowest BCUT2D eigenvalue weighted by molar-refractivity contribution is -0.137. The molecule has 0 spiro atoms. The van der Waals surface area contributed by atoms with Gasteiger partial charge in [-0.15, -0.1) is 0 Å². The van der Waals surface area contributed by atoms with Crippen molar-refractivity contribution in [3.63, 3.8) is 0 Å². The number of halogens is 3. The highest BCUT2D eigenvalue weighted by Gasteiger charge is 2.30. The number of benzene rings is 1. The zero-order chi connectivity index (χ0) is 18.2. The number of carbonyl (C=O) groups is 1. The lowest BCUT2D eigenvalue weighted by Crippen LogP contribution is -2.44. The fraction of sp³-hybridized carbons (Fsp3) is 0.471. The molecule has 24 heavy (non-hydrogen) atoms. The van der Waals surface area contributed by atoms with Crippen LogP contribution in [0.2, 0.25) is 0 Å². The van der Waals surface area contributed by atoms with E-state index in [9.17, 15) is 23.1 Å². The zero-order valence-corrected chi connectivity index (χ0v) is 13.6. The first-order chi connectivity index (χ1) is 11.2. The van der Waals surface area contributed by atoms with Crippen molar-refractivity contribution in [2.45, 2.75) is 32.5 Å². The molecule has 2 amide bonds. The molecule has 0 bridgehead atoms. The van der Waals surface area contributed by atoms with Crippen LogP contribution in [0.1, 0.15) is 31.4 Å². The number of hydrogen-bond donors (Lipinski definition) is 3. The monoisotopic (exact) mass is 342 g/mol. The molecule has 0 heterocycles. The second kappa shape index (κ2) is 9.18. The summed E-state index contributed by atoms with van der Waals surface area (Å²) in [5.41, 5.74) is -0.542. The van der Waals surface area contributed by atoms with Crippen LogP contribution in [0.15, 0.2) is 24.3 Å². The van der Waals surface area contributed by atoms with E-state index in [1.54, 1.807) is 0 Å². The van der Waals surface area contributed by atoms with Crippen LogP contribution in [0.25, 0.3) is 0 Å². The number of alkyl halides is 3. The number of urea groups is 1. The number of carbonyl (C=O) groups excluding carboxylic acids is 1. The van der Waals surface area contributed by atoms with E-state index in [0.717, 1.165) is 12.1 Å². The minimum absolute atomic E-state index is 0.0120. The smallest absolute Gasteiger partial charge is 0.394 e. The molecule has 0 aromatic heterocycles. The van der Waals surface area contributed by atoms with Gasteiger partial charge >= 0.3 is 12.2 Å². The molecule has 0 saturated carbocycles. The molecule has 7 heteroatoms. The molecule has 1 atom stereocenters. The minimum atomic E-state index is -4.41. The Morgan fingerprint density at radius 2 is 2.04 bits per heavy atom. The highest BCUT2D eigenvalue weighted by molar-refractivity contribution is 5.74. The van der Waals surface area contributed by atoms with Gasteiger partial charge < -0.3 is 15.7 Å². The number of amides is 2. The first-order valence-corrected chi connectivity index (χ1v) is 7.53. The standard InChI is InChI=1S/C17H21F3N2O2/c1-12(2)9-15(11-23)22-16(24)21-8-4-6-13-5-3-7-14(10-13)17(18,19)20/h3,5,7,10,12,15,23H,8-9,11H2,1-2H3,(H2,21,22,24). The largest absolute Gasteiger partial charge is 0.416 e. The van der Waals surface area contributed by atoms with Crippen molar-refractivity contribution in [2.24, 2.45) is 5.92 Å². The van der Waals surface area contributed by atoms with E-state index in [-0.39, 0.29) is 24.8 Å². The van der Waals surface area contributed by atoms with Gasteiger partial charge in [0.2, 0.25) is 0 Å². The Bertz CT molecular complexity index is 604. The van der Waals surface area contributed by atoms with E-state index in [0.29, 0.717) is 12.3 Å². The molecule has 0 aliphatic heterocycles. The first kappa shape index (κ1) is 19.8. The Morgan fingerprint density at radius 1 is 1.33 bits per heavy atom. The van der Waals surface area contributed by atoms with Crippen molar-refractivity contribution < 1.29 is 23.1 Å². The molecule has 4 nitrogen and oxygen atoms in total. The van der Waals surface area contributed by atoms with Gasteiger partial charge in [0.15, 0.2) is 0 Å². The third-order valence-electron chi connectivity index (χ3n) is 3.07. The molecule has 0 radical (unpaired) electrons. The van der Waals surface area contributed by atoms with Crippen LogP contribution in [0.5, 0.6) is 0 Å². The van der Waals surface area contributed by atoms with Crippen LogP contribution in [0.3, 0.4) is 0 Å². The Morgan fingerprint density at radius 3 is 2.62 bits per heavy atom. The van der Waals surface area contributed by atoms with Crippen LogP contribution in [-0.4, -0.2) is 30.3 Å². The van der Waals surface area contributed by atoms with E-state index < -0.39 is 17.8 Å². The summed E-state index contributed by atoms with van der Waals surface area (Å²) in [6.45, 7) is 3.77. The van der Waals surface area contributed by atoms with Gasteiger partial charge in [-0.3, -0.25) is 0 Å². The van der Waals surface area contributed by atoms with Crippen LogP contribution in [0, 0.1) is 17.8 Å². The van der Waals surface area contributed by atoms with Gasteiger partial charge in [0.25, 0.3) is 0 Å². The molecule has 1 aromatic carbocycles. The molecule has 0 aliphatic carbocycles. The molecule has 3 N–H and O–H groups in total. The van der Waals surface area contributed by atoms with Crippen molar-refractivity contribution in [3.05, 3.63) is 35.4 Å². The summed E-state index contributed by atoms with van der Waals surface area (Å²) in [6.07, 6.45) is -3.77. The maximum Gasteiger partial charge on any atom is 0.416 e. The van der Waals surface area contributed by atoms with Gasteiger partial charge in [-0.2, -0.15) is 13.2 Å². The summed E-state index contributed by atoms with van der Waals surface area (Å²) >= 11 is 0. The Labute approximate surface area is 139 Å². The van der Waals surface area contributed by atoms with Gasteiger partial charge in [-0.25, -0.2) is 4.79 Å². The molecular weight excluding hydrogens is 321 g/mol. The molecule has 0 aliphatic rings. The summed E-state index contributed by atoms with van der Waals surface area (Å²) in [7, 11) is 0. The van der Waals surface area contributed by atoms with E-state index in [4.69, 9.17) is 0 Å². The number of rotatable bonds is 5. The average molecular weight is 342 g/mol. The van der Waals surface area contributed by atoms with E-state index in [2.05, 4.69) is 22.5 Å². The highest BCUT2D eigenvalue weighted by Crippen LogP contribution is 2.29. The van der Waals surface area contributed by atoms with Crippen LogP contribution < -0.4 is 10.6 Å². The van der Waals surface area contributed by atoms with Crippen molar-refractivity contribution in [2.75, 3.05) is 13.2 Å². The van der Waals surface area contributed by atoms with Gasteiger partial charge in [-0.1, -0.05) is 31.8 Å². The van der Waals surface area contributed by atoms with Crippen LogP contribution >= 0.6 is 0 Å². The normalized spacial score (nSPS) is 12.3. The van der Waals surface area contributed by atoms with Crippen LogP contribution in [-0.2, 0) is 6.18 Å².